The van der Waals surface area contributed by atoms with Gasteiger partial charge < -0.3 is 5.32 Å². The highest BCUT2D eigenvalue weighted by molar-refractivity contribution is 7.09. The summed E-state index contributed by atoms with van der Waals surface area (Å²) in [6, 6.07) is 9.83. The molecule has 0 aliphatic rings. The minimum atomic E-state index is 0.712. The van der Waals surface area contributed by atoms with Crippen LogP contribution in [-0.4, -0.2) is 11.5 Å². The molecule has 3 nitrogen and oxygen atoms in total. The fraction of sp³-hybridized carbons (Fsp3) is 0.286. The first-order chi connectivity index (χ1) is 8.78. The maximum atomic E-state index is 8.81. The van der Waals surface area contributed by atoms with E-state index in [2.05, 4.69) is 21.8 Å². The summed E-state index contributed by atoms with van der Waals surface area (Å²) in [6.45, 7) is 3.72. The quantitative estimate of drug-likeness (QED) is 0.838. The molecule has 2 rings (SSSR count). The van der Waals surface area contributed by atoms with Crippen molar-refractivity contribution in [3.63, 3.8) is 0 Å². The Labute approximate surface area is 111 Å². The van der Waals surface area contributed by atoms with E-state index in [1.165, 1.54) is 0 Å². The van der Waals surface area contributed by atoms with E-state index in [1.54, 1.807) is 11.3 Å². The van der Waals surface area contributed by atoms with Gasteiger partial charge in [-0.3, -0.25) is 0 Å². The van der Waals surface area contributed by atoms with Crippen LogP contribution in [0.3, 0.4) is 0 Å². The van der Waals surface area contributed by atoms with Crippen molar-refractivity contribution in [3.05, 3.63) is 51.5 Å². The molecule has 18 heavy (non-hydrogen) atoms. The van der Waals surface area contributed by atoms with Gasteiger partial charge in [0.15, 0.2) is 0 Å². The normalized spacial score (nSPS) is 10.2. The van der Waals surface area contributed by atoms with Crippen molar-refractivity contribution in [1.29, 1.82) is 5.26 Å². The molecule has 0 fully saturated rings. The number of hydrogen-bond acceptors (Lipinski definition) is 4. The second-order valence-corrected chi connectivity index (χ2v) is 5.16. The third-order valence-corrected chi connectivity index (χ3v) is 3.43. The molecule has 92 valence electrons. The number of rotatable bonds is 5. The van der Waals surface area contributed by atoms with Gasteiger partial charge in [0.2, 0.25) is 0 Å². The monoisotopic (exact) mass is 257 g/mol. The van der Waals surface area contributed by atoms with Crippen LogP contribution in [0.2, 0.25) is 0 Å². The predicted molar refractivity (Wildman–Crippen MR) is 73.4 cm³/mol. The number of hydrogen-bond donors (Lipinski definition) is 1. The molecule has 2 aromatic rings. The average molecular weight is 257 g/mol. The van der Waals surface area contributed by atoms with Crippen LogP contribution >= 0.6 is 11.3 Å². The molecule has 0 spiro atoms. The molecule has 0 saturated heterocycles. The van der Waals surface area contributed by atoms with Crippen LogP contribution in [0.4, 0.5) is 0 Å². The molecule has 1 aromatic heterocycles. The van der Waals surface area contributed by atoms with Gasteiger partial charge in [0.1, 0.15) is 0 Å². The van der Waals surface area contributed by atoms with E-state index in [4.69, 9.17) is 5.26 Å². The summed E-state index contributed by atoms with van der Waals surface area (Å²) >= 11 is 1.69. The smallest absolute Gasteiger partial charge is 0.0991 e. The second kappa shape index (κ2) is 6.29. The first-order valence-corrected chi connectivity index (χ1v) is 6.76. The van der Waals surface area contributed by atoms with Gasteiger partial charge in [0.25, 0.3) is 0 Å². The number of aryl methyl sites for hydroxylation is 1. The van der Waals surface area contributed by atoms with Crippen molar-refractivity contribution in [2.75, 3.05) is 6.54 Å². The van der Waals surface area contributed by atoms with E-state index < -0.39 is 0 Å². The zero-order chi connectivity index (χ0) is 12.8. The maximum absolute atomic E-state index is 8.81. The predicted octanol–water partition coefficient (Wildman–Crippen LogP) is 2.66. The highest BCUT2D eigenvalue weighted by Gasteiger charge is 1.98. The molecule has 0 saturated carbocycles. The number of nitriles is 1. The van der Waals surface area contributed by atoms with E-state index in [0.717, 1.165) is 35.8 Å². The van der Waals surface area contributed by atoms with E-state index in [1.807, 2.05) is 31.2 Å². The number of nitrogens with one attached hydrogen (secondary N) is 1. The van der Waals surface area contributed by atoms with Gasteiger partial charge in [-0.2, -0.15) is 5.26 Å². The lowest BCUT2D eigenvalue weighted by atomic mass is 10.1. The summed E-state index contributed by atoms with van der Waals surface area (Å²) in [7, 11) is 0. The molecule has 0 aliphatic carbocycles. The van der Waals surface area contributed by atoms with Gasteiger partial charge in [0.05, 0.1) is 22.3 Å². The minimum Gasteiger partial charge on any atom is -0.312 e. The summed E-state index contributed by atoms with van der Waals surface area (Å²) in [4.78, 5) is 4.42. The highest BCUT2D eigenvalue weighted by atomic mass is 32.1. The van der Waals surface area contributed by atoms with Crippen molar-refractivity contribution >= 4 is 11.3 Å². The molecule has 1 heterocycles. The Kier molecular flexibility index (Phi) is 4.46. The topological polar surface area (TPSA) is 48.7 Å². The van der Waals surface area contributed by atoms with Crippen LogP contribution < -0.4 is 5.32 Å². The molecule has 0 atom stereocenters. The van der Waals surface area contributed by atoms with Gasteiger partial charge in [-0.15, -0.1) is 11.3 Å². The van der Waals surface area contributed by atoms with E-state index in [-0.39, 0.29) is 0 Å². The Balaban J connectivity index is 1.77. The molecular formula is C14H15N3S. The molecule has 1 N–H and O–H groups in total. The Morgan fingerprint density at radius 2 is 2.33 bits per heavy atom. The molecule has 0 bridgehead atoms. The van der Waals surface area contributed by atoms with Gasteiger partial charge in [-0.25, -0.2) is 4.98 Å². The van der Waals surface area contributed by atoms with Crippen LogP contribution in [0.1, 0.15) is 21.8 Å². The average Bonchev–Trinajstić information content (AvgIpc) is 2.81. The molecule has 0 radical (unpaired) electrons. The summed E-state index contributed by atoms with van der Waals surface area (Å²) < 4.78 is 0. The summed E-state index contributed by atoms with van der Waals surface area (Å²) in [6.07, 6.45) is 0.947. The molecule has 1 aromatic carbocycles. The van der Waals surface area contributed by atoms with E-state index in [9.17, 15) is 0 Å². The standard InChI is InChI=1S/C14H15N3S/c1-11-17-14(10-18-11)5-6-16-9-13-4-2-3-12(7-13)8-15/h2-4,7,10,16H,5-6,9H2,1H3. The van der Waals surface area contributed by atoms with Crippen LogP contribution in [0.15, 0.2) is 29.6 Å². The Morgan fingerprint density at radius 1 is 1.44 bits per heavy atom. The lowest BCUT2D eigenvalue weighted by Gasteiger charge is -2.04. The third-order valence-electron chi connectivity index (χ3n) is 2.61. The van der Waals surface area contributed by atoms with Crippen molar-refractivity contribution < 1.29 is 0 Å². The Morgan fingerprint density at radius 3 is 3.06 bits per heavy atom. The van der Waals surface area contributed by atoms with Crippen molar-refractivity contribution in [2.24, 2.45) is 0 Å². The summed E-state index contributed by atoms with van der Waals surface area (Å²) in [5, 5.41) is 15.4. The zero-order valence-corrected chi connectivity index (χ0v) is 11.1. The Hall–Kier alpha value is -1.70. The first-order valence-electron chi connectivity index (χ1n) is 5.88. The minimum absolute atomic E-state index is 0.712. The zero-order valence-electron chi connectivity index (χ0n) is 10.3. The second-order valence-electron chi connectivity index (χ2n) is 4.10. The van der Waals surface area contributed by atoms with Gasteiger partial charge in [-0.1, -0.05) is 12.1 Å². The van der Waals surface area contributed by atoms with E-state index in [0.29, 0.717) is 5.56 Å². The fourth-order valence-electron chi connectivity index (χ4n) is 1.72. The van der Waals surface area contributed by atoms with Gasteiger partial charge in [-0.05, 0) is 24.6 Å². The van der Waals surface area contributed by atoms with Crippen molar-refractivity contribution in [2.45, 2.75) is 19.9 Å². The maximum Gasteiger partial charge on any atom is 0.0991 e. The first kappa shape index (κ1) is 12.7. The molecule has 0 unspecified atom stereocenters. The SMILES string of the molecule is Cc1nc(CCNCc2cccc(C#N)c2)cs1. The van der Waals surface area contributed by atoms with Crippen LogP contribution in [-0.2, 0) is 13.0 Å². The van der Waals surface area contributed by atoms with Gasteiger partial charge in [0, 0.05) is 24.9 Å². The summed E-state index contributed by atoms with van der Waals surface area (Å²) in [5.41, 5.74) is 3.00. The molecular weight excluding hydrogens is 242 g/mol. The number of nitrogens with zero attached hydrogens (tertiary/aromatic N) is 2. The van der Waals surface area contributed by atoms with Crippen LogP contribution in [0, 0.1) is 18.3 Å². The number of benzene rings is 1. The summed E-state index contributed by atoms with van der Waals surface area (Å²) in [5.74, 6) is 0. The van der Waals surface area contributed by atoms with Crippen molar-refractivity contribution in [3.8, 4) is 6.07 Å². The number of thiazole rings is 1. The largest absolute Gasteiger partial charge is 0.312 e. The van der Waals surface area contributed by atoms with Crippen molar-refractivity contribution in [1.82, 2.24) is 10.3 Å². The molecule has 0 aliphatic heterocycles. The number of aromatic nitrogens is 1. The van der Waals surface area contributed by atoms with Crippen LogP contribution in [0.25, 0.3) is 0 Å². The fourth-order valence-corrected chi connectivity index (χ4v) is 2.37. The lowest BCUT2D eigenvalue weighted by molar-refractivity contribution is 0.681. The van der Waals surface area contributed by atoms with Gasteiger partial charge >= 0.3 is 0 Å². The lowest BCUT2D eigenvalue weighted by Crippen LogP contribution is -2.16. The molecule has 0 amide bonds. The van der Waals surface area contributed by atoms with Crippen LogP contribution in [0.5, 0.6) is 0 Å². The third kappa shape index (κ3) is 3.66. The van der Waals surface area contributed by atoms with E-state index >= 15 is 0 Å². The molecule has 4 heteroatoms. The highest BCUT2D eigenvalue weighted by Crippen LogP contribution is 2.08. The Bertz CT molecular complexity index is 554.